The molecule has 0 spiro atoms. The van der Waals surface area contributed by atoms with Crippen molar-refractivity contribution < 1.29 is 4.79 Å². The van der Waals surface area contributed by atoms with Gasteiger partial charge in [0.25, 0.3) is 0 Å². The van der Waals surface area contributed by atoms with E-state index in [4.69, 9.17) is 0 Å². The number of hydrogen-bond donors (Lipinski definition) is 0. The van der Waals surface area contributed by atoms with Crippen LogP contribution in [0.25, 0.3) is 5.65 Å². The van der Waals surface area contributed by atoms with Crippen molar-refractivity contribution in [1.29, 1.82) is 0 Å². The summed E-state index contributed by atoms with van der Waals surface area (Å²) in [5.41, 5.74) is 4.42. The smallest absolute Gasteiger partial charge is 0.167 e. The summed E-state index contributed by atoms with van der Waals surface area (Å²) in [6, 6.07) is 1.96. The van der Waals surface area contributed by atoms with Gasteiger partial charge >= 0.3 is 0 Å². The molecule has 0 saturated carbocycles. The van der Waals surface area contributed by atoms with Crippen LogP contribution in [-0.2, 0) is 6.42 Å². The van der Waals surface area contributed by atoms with Gasteiger partial charge in [0.1, 0.15) is 0 Å². The number of fused-ring (bicyclic) bond motifs is 3. The van der Waals surface area contributed by atoms with Gasteiger partial charge in [-0.2, -0.15) is 5.10 Å². The van der Waals surface area contributed by atoms with E-state index < -0.39 is 0 Å². The van der Waals surface area contributed by atoms with Gasteiger partial charge in [-0.15, -0.1) is 0 Å². The molecule has 18 heavy (non-hydrogen) atoms. The minimum Gasteiger partial charge on any atom is -0.294 e. The van der Waals surface area contributed by atoms with Crippen LogP contribution in [0.2, 0.25) is 0 Å². The van der Waals surface area contributed by atoms with Crippen molar-refractivity contribution in [3.63, 3.8) is 0 Å². The Hall–Kier alpha value is -1.71. The van der Waals surface area contributed by atoms with Crippen LogP contribution in [0.1, 0.15) is 47.7 Å². The first kappa shape index (κ1) is 11.4. The molecule has 0 unspecified atom stereocenters. The second-order valence-electron chi connectivity index (χ2n) is 6.02. The van der Waals surface area contributed by atoms with Crippen molar-refractivity contribution in [3.8, 4) is 0 Å². The summed E-state index contributed by atoms with van der Waals surface area (Å²) in [4.78, 5) is 16.8. The Morgan fingerprint density at radius 1 is 1.28 bits per heavy atom. The zero-order chi connectivity index (χ0) is 13.1. The van der Waals surface area contributed by atoms with E-state index in [2.05, 4.69) is 23.9 Å². The molecule has 0 radical (unpaired) electrons. The molecule has 2 aromatic rings. The average Bonchev–Trinajstić information content (AvgIpc) is 2.56. The Balaban J connectivity index is 2.37. The molecule has 1 aliphatic carbocycles. The maximum atomic E-state index is 12.3. The lowest BCUT2D eigenvalue weighted by Gasteiger charge is -2.30. The molecule has 3 rings (SSSR count). The Morgan fingerprint density at radius 2 is 2.00 bits per heavy atom. The van der Waals surface area contributed by atoms with Crippen LogP contribution in [0, 0.1) is 19.3 Å². The van der Waals surface area contributed by atoms with Gasteiger partial charge in [-0.3, -0.25) is 4.79 Å². The average molecular weight is 243 g/mol. The number of hydrogen-bond acceptors (Lipinski definition) is 3. The fraction of sp³-hybridized carbons (Fsp3) is 0.500. The number of Topliss-reactive ketones (excluding diaryl/α,β-unsaturated/α-hetero) is 1. The summed E-state index contributed by atoms with van der Waals surface area (Å²) < 4.78 is 1.84. The predicted molar refractivity (Wildman–Crippen MR) is 68.9 cm³/mol. The summed E-state index contributed by atoms with van der Waals surface area (Å²) in [7, 11) is 0. The zero-order valence-corrected chi connectivity index (χ0v) is 11.2. The molecule has 0 aliphatic heterocycles. The highest BCUT2D eigenvalue weighted by Crippen LogP contribution is 2.35. The minimum atomic E-state index is 0.00462. The van der Waals surface area contributed by atoms with Gasteiger partial charge in [-0.25, -0.2) is 9.50 Å². The van der Waals surface area contributed by atoms with E-state index in [1.165, 1.54) is 0 Å². The number of rotatable bonds is 0. The second-order valence-corrected chi connectivity index (χ2v) is 6.02. The lowest BCUT2D eigenvalue weighted by atomic mass is 9.75. The third kappa shape index (κ3) is 1.55. The van der Waals surface area contributed by atoms with E-state index >= 15 is 0 Å². The second kappa shape index (κ2) is 3.40. The SMILES string of the molecule is Cc1cc2nc(C)c3c(n2n1)CC(C)(C)CC3=O. The number of carbonyl (C=O) groups excluding carboxylic acids is 1. The molecule has 1 aliphatic rings. The van der Waals surface area contributed by atoms with E-state index in [0.29, 0.717) is 6.42 Å². The van der Waals surface area contributed by atoms with E-state index in [1.54, 1.807) is 0 Å². The highest BCUT2D eigenvalue weighted by Gasteiger charge is 2.34. The Bertz CT molecular complexity index is 667. The highest BCUT2D eigenvalue weighted by molar-refractivity contribution is 5.99. The molecule has 0 atom stereocenters. The standard InChI is InChI=1S/C14H17N3O/c1-8-5-12-15-9(2)13-10(17(12)16-8)6-14(3,4)7-11(13)18/h5H,6-7H2,1-4H3. The molecule has 0 bridgehead atoms. The fourth-order valence-corrected chi connectivity index (χ4v) is 2.87. The van der Waals surface area contributed by atoms with Crippen LogP contribution >= 0.6 is 0 Å². The monoisotopic (exact) mass is 243 g/mol. The summed E-state index contributed by atoms with van der Waals surface area (Å²) in [6.45, 7) is 8.13. The van der Waals surface area contributed by atoms with Crippen LogP contribution in [0.3, 0.4) is 0 Å². The van der Waals surface area contributed by atoms with Gasteiger partial charge in [0.05, 0.1) is 22.6 Å². The molecule has 4 nitrogen and oxygen atoms in total. The molecular formula is C14H17N3O. The van der Waals surface area contributed by atoms with Gasteiger partial charge in [-0.05, 0) is 25.7 Å². The number of carbonyl (C=O) groups is 1. The zero-order valence-electron chi connectivity index (χ0n) is 11.2. The largest absolute Gasteiger partial charge is 0.294 e. The lowest BCUT2D eigenvalue weighted by molar-refractivity contribution is 0.0907. The third-order valence-electron chi connectivity index (χ3n) is 3.56. The van der Waals surface area contributed by atoms with E-state index in [9.17, 15) is 4.79 Å². The molecule has 0 amide bonds. The van der Waals surface area contributed by atoms with E-state index in [-0.39, 0.29) is 11.2 Å². The molecular weight excluding hydrogens is 226 g/mol. The summed E-state index contributed by atoms with van der Waals surface area (Å²) in [5, 5.41) is 4.47. The third-order valence-corrected chi connectivity index (χ3v) is 3.56. The summed E-state index contributed by atoms with van der Waals surface area (Å²) >= 11 is 0. The summed E-state index contributed by atoms with van der Waals surface area (Å²) in [6.07, 6.45) is 1.46. The van der Waals surface area contributed by atoms with Crippen LogP contribution in [-0.4, -0.2) is 20.4 Å². The van der Waals surface area contributed by atoms with E-state index in [0.717, 1.165) is 34.7 Å². The Labute approximate surface area is 106 Å². The van der Waals surface area contributed by atoms with Crippen molar-refractivity contribution >= 4 is 11.4 Å². The van der Waals surface area contributed by atoms with Gasteiger partial charge in [-0.1, -0.05) is 13.8 Å². The Kier molecular flexibility index (Phi) is 2.15. The Morgan fingerprint density at radius 3 is 2.72 bits per heavy atom. The lowest BCUT2D eigenvalue weighted by Crippen LogP contribution is -2.30. The normalized spacial score (nSPS) is 18.1. The number of aryl methyl sites for hydroxylation is 2. The highest BCUT2D eigenvalue weighted by atomic mass is 16.1. The van der Waals surface area contributed by atoms with Crippen molar-refractivity contribution in [2.45, 2.75) is 40.5 Å². The van der Waals surface area contributed by atoms with Crippen LogP contribution in [0.4, 0.5) is 0 Å². The number of nitrogens with zero attached hydrogens (tertiary/aromatic N) is 3. The van der Waals surface area contributed by atoms with Gasteiger partial charge in [0, 0.05) is 12.5 Å². The van der Waals surface area contributed by atoms with Crippen LogP contribution in [0.15, 0.2) is 6.07 Å². The van der Waals surface area contributed by atoms with Crippen molar-refractivity contribution in [3.05, 3.63) is 28.7 Å². The van der Waals surface area contributed by atoms with E-state index in [1.807, 2.05) is 24.4 Å². The maximum Gasteiger partial charge on any atom is 0.167 e. The number of aromatic nitrogens is 3. The maximum absolute atomic E-state index is 12.3. The first-order chi connectivity index (χ1) is 8.37. The van der Waals surface area contributed by atoms with Crippen molar-refractivity contribution in [2.75, 3.05) is 0 Å². The minimum absolute atomic E-state index is 0.00462. The molecule has 0 aromatic carbocycles. The molecule has 0 N–H and O–H groups in total. The van der Waals surface area contributed by atoms with Crippen molar-refractivity contribution in [2.24, 2.45) is 5.41 Å². The molecule has 0 saturated heterocycles. The first-order valence-corrected chi connectivity index (χ1v) is 6.26. The van der Waals surface area contributed by atoms with Gasteiger partial charge < -0.3 is 0 Å². The topological polar surface area (TPSA) is 47.3 Å². The molecule has 4 heteroatoms. The first-order valence-electron chi connectivity index (χ1n) is 6.26. The van der Waals surface area contributed by atoms with Crippen LogP contribution < -0.4 is 0 Å². The van der Waals surface area contributed by atoms with Gasteiger partial charge in [0.2, 0.25) is 0 Å². The fourth-order valence-electron chi connectivity index (χ4n) is 2.87. The molecule has 2 heterocycles. The molecule has 2 aromatic heterocycles. The molecule has 0 fully saturated rings. The van der Waals surface area contributed by atoms with Crippen LogP contribution in [0.5, 0.6) is 0 Å². The summed E-state index contributed by atoms with van der Waals surface area (Å²) in [5.74, 6) is 0.196. The number of ketones is 1. The van der Waals surface area contributed by atoms with Gasteiger partial charge in [0.15, 0.2) is 11.4 Å². The predicted octanol–water partition coefficient (Wildman–Crippen LogP) is 2.50. The molecule has 94 valence electrons. The quantitative estimate of drug-likeness (QED) is 0.714. The van der Waals surface area contributed by atoms with Crippen molar-refractivity contribution in [1.82, 2.24) is 14.6 Å².